The summed E-state index contributed by atoms with van der Waals surface area (Å²) in [6, 6.07) is 0. The monoisotopic (exact) mass is 1320 g/mol. The number of hydrogen-bond donors (Lipinski definition) is 4. The lowest BCUT2D eigenvalue weighted by Crippen LogP contribution is -2.30. The first-order valence-electron chi connectivity index (χ1n) is 34.5. The van der Waals surface area contributed by atoms with Gasteiger partial charge in [-0.25, -0.2) is 9.13 Å². The summed E-state index contributed by atoms with van der Waals surface area (Å²) in [4.78, 5) is 58.3. The van der Waals surface area contributed by atoms with Crippen molar-refractivity contribution in [2.45, 2.75) is 270 Å². The number of carbonyl (C=O) groups is 3. The second kappa shape index (κ2) is 65.7. The van der Waals surface area contributed by atoms with Crippen molar-refractivity contribution in [2.75, 3.05) is 39.6 Å². The molecular weight excluding hydrogens is 1190 g/mol. The molecule has 0 aromatic carbocycles. The molecule has 91 heavy (non-hydrogen) atoms. The van der Waals surface area contributed by atoms with Gasteiger partial charge in [-0.1, -0.05) is 238 Å². The summed E-state index contributed by atoms with van der Waals surface area (Å²) in [5, 5.41) is 20.5. The van der Waals surface area contributed by atoms with Crippen LogP contribution >= 0.6 is 15.6 Å². The van der Waals surface area contributed by atoms with E-state index in [-0.39, 0.29) is 19.3 Å². The van der Waals surface area contributed by atoms with E-state index in [2.05, 4.69) is 154 Å². The van der Waals surface area contributed by atoms with Crippen LogP contribution in [0.5, 0.6) is 0 Å². The van der Waals surface area contributed by atoms with Crippen LogP contribution in [0.2, 0.25) is 0 Å². The first-order chi connectivity index (χ1) is 44.2. The molecule has 0 aliphatic rings. The molecule has 0 amide bonds. The molecular formula is C73H122O16P2. The van der Waals surface area contributed by atoms with Crippen LogP contribution in [0.1, 0.15) is 252 Å². The van der Waals surface area contributed by atoms with E-state index >= 15 is 0 Å². The van der Waals surface area contributed by atoms with Crippen molar-refractivity contribution in [1.29, 1.82) is 0 Å². The third-order valence-corrected chi connectivity index (χ3v) is 15.7. The van der Waals surface area contributed by atoms with Gasteiger partial charge in [-0.05, 0) is 128 Å². The van der Waals surface area contributed by atoms with E-state index in [0.717, 1.165) is 180 Å². The van der Waals surface area contributed by atoms with Crippen molar-refractivity contribution in [3.05, 3.63) is 134 Å². The van der Waals surface area contributed by atoms with E-state index in [1.54, 1.807) is 0 Å². The molecule has 5 unspecified atom stereocenters. The predicted octanol–water partition coefficient (Wildman–Crippen LogP) is 19.2. The number of esters is 3. The van der Waals surface area contributed by atoms with Gasteiger partial charge in [0.15, 0.2) is 6.10 Å². The Morgan fingerprint density at radius 1 is 0.319 bits per heavy atom. The molecule has 0 fully saturated rings. The highest BCUT2D eigenvalue weighted by Crippen LogP contribution is 2.45. The molecule has 0 radical (unpaired) electrons. The Balaban J connectivity index is 4.57. The largest absolute Gasteiger partial charge is 0.472 e. The highest BCUT2D eigenvalue weighted by atomic mass is 31.2. The zero-order valence-corrected chi connectivity index (χ0v) is 58.0. The van der Waals surface area contributed by atoms with E-state index in [1.807, 2.05) is 0 Å². The Hall–Kier alpha value is -4.31. The standard InChI is InChI=1S/C73H122O16P2/c1-4-7-10-13-16-19-22-24-26-28-30-31-32-33-34-35-37-39-40-42-45-47-50-53-56-59-71(76)83-62-68(74)63-85-90(79,80)86-64-69(75)65-87-91(81,82)88-67-70(89-73(78)61-58-55-52-49-44-21-18-15-12-9-6-3)66-84-72(77)60-57-54-51-48-46-43-41-38-36-29-27-25-23-20-17-14-11-8-5-2/h7-8,10-11,15-20,24-27,30-31,33-34,36-39,68-70,74-75H,4-6,9,12-14,21-23,28-29,32,35,40-67H2,1-3H3,(H,79,80)(H,81,82)/b10-7-,11-8-,18-15-,19-16-,20-17-,26-24-,27-25-,31-30-,34-33-,38-36-,39-37-. The predicted molar refractivity (Wildman–Crippen MR) is 371 cm³/mol. The number of unbranched alkanes of at least 4 members (excludes halogenated alkanes) is 19. The van der Waals surface area contributed by atoms with Gasteiger partial charge in [0.05, 0.1) is 26.4 Å². The number of aliphatic hydroxyl groups is 2. The molecule has 0 aromatic heterocycles. The maximum Gasteiger partial charge on any atom is 0.472 e. The van der Waals surface area contributed by atoms with E-state index in [1.165, 1.54) is 12.8 Å². The smallest absolute Gasteiger partial charge is 0.463 e. The van der Waals surface area contributed by atoms with Gasteiger partial charge < -0.3 is 34.2 Å². The van der Waals surface area contributed by atoms with Gasteiger partial charge in [-0.15, -0.1) is 0 Å². The molecule has 520 valence electrons. The molecule has 0 aromatic rings. The SMILES string of the molecule is CC/C=C\C/C=C\C/C=C\C/C=C\C/C=C\C/C=C\CCCCCCCCC(=O)OCC(O)COP(=O)(O)OCC(O)COP(=O)(O)OCC(COC(=O)CCCCCCCC/C=C\C/C=C\C/C=C\C/C=C\CC)OC(=O)CCCCCCC/C=C\CCCC. The number of aliphatic hydroxyl groups excluding tert-OH is 2. The summed E-state index contributed by atoms with van der Waals surface area (Å²) in [7, 11) is -9.79. The van der Waals surface area contributed by atoms with Crippen LogP contribution in [0.15, 0.2) is 134 Å². The number of ether oxygens (including phenoxy) is 3. The second-order valence-corrected chi connectivity index (χ2v) is 25.5. The van der Waals surface area contributed by atoms with Crippen LogP contribution in [0.3, 0.4) is 0 Å². The maximum absolute atomic E-state index is 12.9. The van der Waals surface area contributed by atoms with Crippen LogP contribution in [0.4, 0.5) is 0 Å². The van der Waals surface area contributed by atoms with Crippen LogP contribution in [0.25, 0.3) is 0 Å². The van der Waals surface area contributed by atoms with E-state index in [9.17, 15) is 43.5 Å². The van der Waals surface area contributed by atoms with Crippen LogP contribution < -0.4 is 0 Å². The molecule has 0 rings (SSSR count). The van der Waals surface area contributed by atoms with Crippen LogP contribution in [-0.2, 0) is 55.8 Å². The summed E-state index contributed by atoms with van der Waals surface area (Å²) in [5.74, 6) is -1.62. The molecule has 16 nitrogen and oxygen atoms in total. The lowest BCUT2D eigenvalue weighted by molar-refractivity contribution is -0.161. The lowest BCUT2D eigenvalue weighted by atomic mass is 10.1. The van der Waals surface area contributed by atoms with Crippen molar-refractivity contribution in [2.24, 2.45) is 0 Å². The minimum atomic E-state index is -4.93. The molecule has 0 spiro atoms. The molecule has 0 aliphatic heterocycles. The summed E-state index contributed by atoms with van der Waals surface area (Å²) in [6.07, 6.45) is 76.5. The molecule has 0 aliphatic carbocycles. The van der Waals surface area contributed by atoms with E-state index < -0.39 is 91.5 Å². The Kier molecular flexibility index (Phi) is 62.6. The Morgan fingerprint density at radius 3 is 0.934 bits per heavy atom. The average molecular weight is 1320 g/mol. The van der Waals surface area contributed by atoms with Crippen molar-refractivity contribution in [1.82, 2.24) is 0 Å². The first-order valence-corrected chi connectivity index (χ1v) is 37.5. The maximum atomic E-state index is 12.9. The van der Waals surface area contributed by atoms with Gasteiger partial charge in [-0.2, -0.15) is 0 Å². The molecule has 5 atom stereocenters. The van der Waals surface area contributed by atoms with Gasteiger partial charge in [-0.3, -0.25) is 32.5 Å². The topological polar surface area (TPSA) is 231 Å². The number of carbonyl (C=O) groups excluding carboxylic acids is 3. The van der Waals surface area contributed by atoms with Crippen molar-refractivity contribution < 1.29 is 75.8 Å². The summed E-state index contributed by atoms with van der Waals surface area (Å²) >= 11 is 0. The molecule has 0 heterocycles. The quantitative estimate of drug-likeness (QED) is 0.0146. The molecule has 4 N–H and O–H groups in total. The number of phosphoric ester groups is 2. The first kappa shape index (κ1) is 86.7. The van der Waals surface area contributed by atoms with Gasteiger partial charge in [0.2, 0.25) is 0 Å². The third-order valence-electron chi connectivity index (χ3n) is 13.8. The fraction of sp³-hybridized carbons (Fsp3) is 0.658. The van der Waals surface area contributed by atoms with Crippen molar-refractivity contribution in [3.8, 4) is 0 Å². The zero-order chi connectivity index (χ0) is 66.7. The van der Waals surface area contributed by atoms with Gasteiger partial charge >= 0.3 is 33.6 Å². The Bertz CT molecular complexity index is 2190. The molecule has 0 saturated carbocycles. The summed E-state index contributed by atoms with van der Waals surface area (Å²) < 4.78 is 60.8. The summed E-state index contributed by atoms with van der Waals surface area (Å²) in [5.41, 5.74) is 0. The van der Waals surface area contributed by atoms with E-state index in [0.29, 0.717) is 19.3 Å². The summed E-state index contributed by atoms with van der Waals surface area (Å²) in [6.45, 7) is 2.33. The Labute approximate surface area is 550 Å². The Morgan fingerprint density at radius 2 is 0.582 bits per heavy atom. The lowest BCUT2D eigenvalue weighted by Gasteiger charge is -2.21. The zero-order valence-electron chi connectivity index (χ0n) is 56.2. The highest BCUT2D eigenvalue weighted by molar-refractivity contribution is 7.47. The number of hydrogen-bond acceptors (Lipinski definition) is 14. The van der Waals surface area contributed by atoms with Crippen molar-refractivity contribution in [3.63, 3.8) is 0 Å². The highest BCUT2D eigenvalue weighted by Gasteiger charge is 2.29. The number of phosphoric acid groups is 2. The number of rotatable bonds is 64. The van der Waals surface area contributed by atoms with Crippen LogP contribution in [0, 0.1) is 0 Å². The fourth-order valence-corrected chi connectivity index (χ4v) is 10.2. The molecule has 18 heteroatoms. The normalized spacial score (nSPS) is 15.0. The van der Waals surface area contributed by atoms with Gasteiger partial charge in [0.1, 0.15) is 25.4 Å². The van der Waals surface area contributed by atoms with Crippen molar-refractivity contribution >= 4 is 33.6 Å². The van der Waals surface area contributed by atoms with E-state index in [4.69, 9.17) is 32.3 Å². The van der Waals surface area contributed by atoms with Gasteiger partial charge in [0.25, 0.3) is 0 Å². The molecule has 0 bridgehead atoms. The minimum Gasteiger partial charge on any atom is -0.463 e. The third kappa shape index (κ3) is 66.9. The average Bonchev–Trinajstić information content (AvgIpc) is 3.54. The fourth-order valence-electron chi connectivity index (χ4n) is 8.60. The van der Waals surface area contributed by atoms with Crippen LogP contribution in [-0.4, -0.2) is 95.9 Å². The van der Waals surface area contributed by atoms with Gasteiger partial charge in [0, 0.05) is 19.3 Å². The second-order valence-electron chi connectivity index (χ2n) is 22.6. The molecule has 0 saturated heterocycles. The minimum absolute atomic E-state index is 0.0872. The number of allylic oxidation sites excluding steroid dienone is 22.